The van der Waals surface area contributed by atoms with Crippen molar-refractivity contribution in [2.24, 2.45) is 0 Å². The maximum absolute atomic E-state index is 9.37. The minimum atomic E-state index is 0.249. The summed E-state index contributed by atoms with van der Waals surface area (Å²) < 4.78 is 5.72. The van der Waals surface area contributed by atoms with E-state index in [1.807, 2.05) is 25.1 Å². The Morgan fingerprint density at radius 2 is 2.11 bits per heavy atom. The lowest BCUT2D eigenvalue weighted by atomic mass is 10.2. The van der Waals surface area contributed by atoms with Gasteiger partial charge >= 0.3 is 0 Å². The lowest BCUT2D eigenvalue weighted by Gasteiger charge is -2.10. The number of alkyl halides is 1. The van der Waals surface area contributed by atoms with Crippen molar-refractivity contribution in [1.82, 2.24) is 4.98 Å². The summed E-state index contributed by atoms with van der Waals surface area (Å²) in [5.74, 6) is 1.01. The number of aryl methyl sites for hydroxylation is 1. The van der Waals surface area contributed by atoms with Crippen LogP contribution in [0.1, 0.15) is 17.0 Å². The number of phenols is 1. The summed E-state index contributed by atoms with van der Waals surface area (Å²) in [5.41, 5.74) is 2.78. The zero-order chi connectivity index (χ0) is 13.0. The van der Waals surface area contributed by atoms with Crippen molar-refractivity contribution >= 4 is 15.9 Å². The number of hydrogen-bond donors (Lipinski definition) is 1. The molecule has 0 fully saturated rings. The Hall–Kier alpha value is -1.55. The lowest BCUT2D eigenvalue weighted by Crippen LogP contribution is -2.00. The molecule has 94 valence electrons. The number of benzene rings is 1. The van der Waals surface area contributed by atoms with Gasteiger partial charge in [-0.1, -0.05) is 28.1 Å². The molecule has 0 aliphatic heterocycles. The van der Waals surface area contributed by atoms with Crippen molar-refractivity contribution in [2.75, 3.05) is 0 Å². The van der Waals surface area contributed by atoms with Crippen LogP contribution in [0.4, 0.5) is 0 Å². The Balaban J connectivity index is 2.10. The van der Waals surface area contributed by atoms with E-state index in [2.05, 4.69) is 20.9 Å². The highest BCUT2D eigenvalue weighted by atomic mass is 79.9. The molecule has 1 aromatic heterocycles. The fourth-order valence-corrected chi connectivity index (χ4v) is 2.03. The van der Waals surface area contributed by atoms with Crippen molar-refractivity contribution in [2.45, 2.75) is 18.9 Å². The predicted molar refractivity (Wildman–Crippen MR) is 74.0 cm³/mol. The fourth-order valence-electron chi connectivity index (χ4n) is 1.63. The molecule has 2 aromatic rings. The Bertz CT molecular complexity index is 543. The predicted octanol–water partition coefficient (Wildman–Crippen LogP) is 3.57. The van der Waals surface area contributed by atoms with Crippen molar-refractivity contribution in [1.29, 1.82) is 0 Å². The van der Waals surface area contributed by atoms with E-state index in [1.165, 1.54) is 0 Å². The van der Waals surface area contributed by atoms with Gasteiger partial charge in [0.2, 0.25) is 0 Å². The first kappa shape index (κ1) is 12.9. The van der Waals surface area contributed by atoms with Gasteiger partial charge in [0.05, 0.1) is 5.69 Å². The molecule has 0 unspecified atom stereocenters. The zero-order valence-electron chi connectivity index (χ0n) is 10.1. The average Bonchev–Trinajstić information content (AvgIpc) is 2.37. The SMILES string of the molecule is Cc1ccc(OCc2cccc(O)c2)c(CBr)n1. The highest BCUT2D eigenvalue weighted by Crippen LogP contribution is 2.21. The molecule has 1 heterocycles. The number of rotatable bonds is 4. The normalized spacial score (nSPS) is 10.3. The highest BCUT2D eigenvalue weighted by molar-refractivity contribution is 9.08. The zero-order valence-corrected chi connectivity index (χ0v) is 11.6. The van der Waals surface area contributed by atoms with Crippen LogP contribution < -0.4 is 4.74 Å². The molecule has 0 aliphatic rings. The third kappa shape index (κ3) is 3.23. The molecule has 0 spiro atoms. The largest absolute Gasteiger partial charge is 0.508 e. The smallest absolute Gasteiger partial charge is 0.142 e. The van der Waals surface area contributed by atoms with Gasteiger partial charge in [-0.25, -0.2) is 0 Å². The number of aromatic nitrogens is 1. The number of pyridine rings is 1. The molecule has 4 heteroatoms. The van der Waals surface area contributed by atoms with Crippen LogP contribution in [0.5, 0.6) is 11.5 Å². The van der Waals surface area contributed by atoms with Gasteiger partial charge in [-0.3, -0.25) is 4.98 Å². The quantitative estimate of drug-likeness (QED) is 0.878. The Morgan fingerprint density at radius 1 is 1.28 bits per heavy atom. The molecule has 1 aromatic carbocycles. The maximum Gasteiger partial charge on any atom is 0.142 e. The van der Waals surface area contributed by atoms with Crippen molar-refractivity contribution in [3.8, 4) is 11.5 Å². The number of phenolic OH excluding ortho intramolecular Hbond substituents is 1. The first-order valence-corrected chi connectivity index (χ1v) is 6.74. The van der Waals surface area contributed by atoms with E-state index < -0.39 is 0 Å². The molecule has 18 heavy (non-hydrogen) atoms. The first-order valence-electron chi connectivity index (χ1n) is 5.62. The van der Waals surface area contributed by atoms with Gasteiger partial charge in [0.1, 0.15) is 18.1 Å². The van der Waals surface area contributed by atoms with Gasteiger partial charge in [-0.2, -0.15) is 0 Å². The van der Waals surface area contributed by atoms with Crippen molar-refractivity contribution < 1.29 is 9.84 Å². The third-order valence-electron chi connectivity index (χ3n) is 2.50. The van der Waals surface area contributed by atoms with E-state index in [0.717, 1.165) is 22.7 Å². The molecule has 0 saturated heterocycles. The number of hydrogen-bond acceptors (Lipinski definition) is 3. The molecule has 0 radical (unpaired) electrons. The van der Waals surface area contributed by atoms with E-state index in [0.29, 0.717) is 11.9 Å². The van der Waals surface area contributed by atoms with Gasteiger partial charge in [-0.05, 0) is 36.8 Å². The van der Waals surface area contributed by atoms with Gasteiger partial charge in [-0.15, -0.1) is 0 Å². The van der Waals surface area contributed by atoms with Crippen molar-refractivity contribution in [3.05, 3.63) is 53.3 Å². The van der Waals surface area contributed by atoms with Gasteiger partial charge in [0.15, 0.2) is 0 Å². The molecular weight excluding hydrogens is 294 g/mol. The van der Waals surface area contributed by atoms with Crippen LogP contribution in [0.25, 0.3) is 0 Å². The fraction of sp³-hybridized carbons (Fsp3) is 0.214. The number of aromatic hydroxyl groups is 1. The Labute approximate surface area is 115 Å². The van der Waals surface area contributed by atoms with Crippen LogP contribution in [0.15, 0.2) is 36.4 Å². The highest BCUT2D eigenvalue weighted by Gasteiger charge is 2.05. The lowest BCUT2D eigenvalue weighted by molar-refractivity contribution is 0.301. The molecule has 0 aliphatic carbocycles. The summed E-state index contributed by atoms with van der Waals surface area (Å²) in [4.78, 5) is 4.40. The number of halogens is 1. The second-order valence-electron chi connectivity index (χ2n) is 3.99. The van der Waals surface area contributed by atoms with Crippen LogP contribution in [0, 0.1) is 6.92 Å². The summed E-state index contributed by atoms with van der Waals surface area (Å²) in [6.07, 6.45) is 0. The van der Waals surface area contributed by atoms with Crippen LogP contribution in [-0.2, 0) is 11.9 Å². The van der Waals surface area contributed by atoms with Crippen molar-refractivity contribution in [3.63, 3.8) is 0 Å². The van der Waals surface area contributed by atoms with E-state index in [-0.39, 0.29) is 5.75 Å². The maximum atomic E-state index is 9.37. The molecule has 0 amide bonds. The third-order valence-corrected chi connectivity index (χ3v) is 3.03. The molecule has 0 bridgehead atoms. The summed E-state index contributed by atoms with van der Waals surface area (Å²) in [7, 11) is 0. The molecular formula is C14H14BrNO2. The average molecular weight is 308 g/mol. The summed E-state index contributed by atoms with van der Waals surface area (Å²) in [6.45, 7) is 2.37. The summed E-state index contributed by atoms with van der Waals surface area (Å²) in [5, 5.41) is 10.0. The van der Waals surface area contributed by atoms with Crippen LogP contribution >= 0.6 is 15.9 Å². The van der Waals surface area contributed by atoms with Crippen LogP contribution in [0.2, 0.25) is 0 Å². The summed E-state index contributed by atoms with van der Waals surface area (Å²) >= 11 is 3.40. The van der Waals surface area contributed by atoms with Crippen LogP contribution in [0.3, 0.4) is 0 Å². The van der Waals surface area contributed by atoms with Crippen LogP contribution in [-0.4, -0.2) is 10.1 Å². The van der Waals surface area contributed by atoms with E-state index in [4.69, 9.17) is 4.74 Å². The van der Waals surface area contributed by atoms with E-state index in [1.54, 1.807) is 18.2 Å². The first-order chi connectivity index (χ1) is 8.69. The molecule has 0 atom stereocenters. The number of ether oxygens (including phenoxy) is 1. The molecule has 2 rings (SSSR count). The van der Waals surface area contributed by atoms with Gasteiger partial charge in [0, 0.05) is 11.0 Å². The van der Waals surface area contributed by atoms with E-state index in [9.17, 15) is 5.11 Å². The minimum absolute atomic E-state index is 0.249. The Morgan fingerprint density at radius 3 is 2.83 bits per heavy atom. The minimum Gasteiger partial charge on any atom is -0.508 e. The second kappa shape index (κ2) is 5.87. The monoisotopic (exact) mass is 307 g/mol. The Kier molecular flexibility index (Phi) is 4.20. The van der Waals surface area contributed by atoms with Gasteiger partial charge < -0.3 is 9.84 Å². The van der Waals surface area contributed by atoms with E-state index >= 15 is 0 Å². The second-order valence-corrected chi connectivity index (χ2v) is 4.55. The standard InChI is InChI=1S/C14H14BrNO2/c1-10-5-6-14(13(8-15)16-10)18-9-11-3-2-4-12(17)7-11/h2-7,17H,8-9H2,1H3. The molecule has 3 nitrogen and oxygen atoms in total. The molecule has 0 saturated carbocycles. The summed E-state index contributed by atoms with van der Waals surface area (Å²) in [6, 6.07) is 10.9. The topological polar surface area (TPSA) is 42.4 Å². The number of nitrogens with zero attached hydrogens (tertiary/aromatic N) is 1. The van der Waals surface area contributed by atoms with Gasteiger partial charge in [0.25, 0.3) is 0 Å². The molecule has 1 N–H and O–H groups in total.